The summed E-state index contributed by atoms with van der Waals surface area (Å²) in [5, 5.41) is 11.5. The molecule has 2 fully saturated rings. The molecule has 0 atom stereocenters. The van der Waals surface area contributed by atoms with Gasteiger partial charge in [0.05, 0.1) is 25.1 Å². The number of benzene rings is 1. The Bertz CT molecular complexity index is 744. The van der Waals surface area contributed by atoms with Crippen molar-refractivity contribution < 1.29 is 9.13 Å². The van der Waals surface area contributed by atoms with Gasteiger partial charge in [0.15, 0.2) is 0 Å². The van der Waals surface area contributed by atoms with Crippen LogP contribution in [0.4, 0.5) is 10.3 Å². The second-order valence-corrected chi connectivity index (χ2v) is 7.06. The van der Waals surface area contributed by atoms with Crippen molar-refractivity contribution in [2.45, 2.75) is 31.2 Å². The molecule has 1 aliphatic heterocycles. The van der Waals surface area contributed by atoms with Crippen molar-refractivity contribution in [2.24, 2.45) is 0 Å². The molecule has 2 heterocycles. The normalized spacial score (nSPS) is 20.2. The lowest BCUT2D eigenvalue weighted by molar-refractivity contribution is -0.0160. The first-order valence-corrected chi connectivity index (χ1v) is 9.28. The monoisotopic (exact) mass is 357 g/mol. The molecule has 0 amide bonds. The summed E-state index contributed by atoms with van der Waals surface area (Å²) in [6, 6.07) is 6.37. The fourth-order valence-corrected chi connectivity index (χ4v) is 4.08. The number of ether oxygens (including phenoxy) is 1. The lowest BCUT2D eigenvalue weighted by atomic mass is 9.94. The molecule has 4 rings (SSSR count). The fourth-order valence-electron chi connectivity index (χ4n) is 4.08. The van der Waals surface area contributed by atoms with E-state index in [-0.39, 0.29) is 11.4 Å². The number of rotatable bonds is 5. The molecule has 26 heavy (non-hydrogen) atoms. The van der Waals surface area contributed by atoms with Crippen LogP contribution in [0.5, 0.6) is 0 Å². The van der Waals surface area contributed by atoms with E-state index in [0.29, 0.717) is 17.2 Å². The van der Waals surface area contributed by atoms with Gasteiger partial charge in [0.25, 0.3) is 0 Å². The first-order chi connectivity index (χ1) is 12.8. The number of hydrogen-bond acceptors (Lipinski definition) is 6. The first kappa shape index (κ1) is 17.3. The van der Waals surface area contributed by atoms with Crippen molar-refractivity contribution in [2.75, 3.05) is 38.2 Å². The Kier molecular flexibility index (Phi) is 5.08. The largest absolute Gasteiger partial charge is 0.379 e. The van der Waals surface area contributed by atoms with E-state index in [1.165, 1.54) is 37.8 Å². The predicted molar refractivity (Wildman–Crippen MR) is 97.3 cm³/mol. The van der Waals surface area contributed by atoms with Gasteiger partial charge < -0.3 is 10.1 Å². The van der Waals surface area contributed by atoms with Crippen molar-refractivity contribution >= 4 is 5.95 Å². The Morgan fingerprint density at radius 2 is 2.00 bits per heavy atom. The molecular weight excluding hydrogens is 333 g/mol. The lowest BCUT2D eigenvalue weighted by Gasteiger charge is -2.43. The summed E-state index contributed by atoms with van der Waals surface area (Å²) < 4.78 is 19.0. The third-order valence-electron chi connectivity index (χ3n) is 5.47. The van der Waals surface area contributed by atoms with Crippen molar-refractivity contribution in [1.82, 2.24) is 20.1 Å². The van der Waals surface area contributed by atoms with Gasteiger partial charge in [-0.25, -0.2) is 9.37 Å². The maximum Gasteiger partial charge on any atom is 0.243 e. The quantitative estimate of drug-likeness (QED) is 0.888. The molecule has 7 heteroatoms. The second-order valence-electron chi connectivity index (χ2n) is 7.06. The van der Waals surface area contributed by atoms with Crippen LogP contribution >= 0.6 is 0 Å². The van der Waals surface area contributed by atoms with E-state index in [0.717, 1.165) is 32.8 Å². The molecule has 0 spiro atoms. The van der Waals surface area contributed by atoms with E-state index in [9.17, 15) is 4.39 Å². The van der Waals surface area contributed by atoms with E-state index < -0.39 is 0 Å². The average molecular weight is 357 g/mol. The highest BCUT2D eigenvalue weighted by Gasteiger charge is 2.40. The van der Waals surface area contributed by atoms with Gasteiger partial charge in [0.2, 0.25) is 5.95 Å². The highest BCUT2D eigenvalue weighted by molar-refractivity contribution is 5.58. The molecule has 2 aromatic rings. The number of morpholine rings is 1. The number of nitrogens with one attached hydrogen (secondary N) is 1. The van der Waals surface area contributed by atoms with Crippen LogP contribution in [0.1, 0.15) is 25.7 Å². The van der Waals surface area contributed by atoms with Crippen LogP contribution in [0.3, 0.4) is 0 Å². The second kappa shape index (κ2) is 7.63. The molecule has 1 aromatic carbocycles. The van der Waals surface area contributed by atoms with Gasteiger partial charge in [-0.05, 0) is 25.0 Å². The summed E-state index contributed by atoms with van der Waals surface area (Å²) in [4.78, 5) is 7.08. The van der Waals surface area contributed by atoms with Crippen molar-refractivity contribution in [3.8, 4) is 11.3 Å². The molecule has 6 nitrogen and oxygen atoms in total. The van der Waals surface area contributed by atoms with Crippen LogP contribution in [0.25, 0.3) is 11.3 Å². The number of halogens is 1. The Morgan fingerprint density at radius 3 is 2.77 bits per heavy atom. The first-order valence-electron chi connectivity index (χ1n) is 9.28. The SMILES string of the molecule is Fc1cccc(-c2cnnc(NCC3(N4CCOCC4)CCCC3)n2)c1. The third kappa shape index (κ3) is 3.68. The third-order valence-corrected chi connectivity index (χ3v) is 5.47. The van der Waals surface area contributed by atoms with E-state index in [1.54, 1.807) is 12.3 Å². The van der Waals surface area contributed by atoms with Crippen molar-refractivity contribution in [1.29, 1.82) is 0 Å². The molecule has 138 valence electrons. The minimum atomic E-state index is -0.284. The Hall–Kier alpha value is -2.12. The molecule has 0 bridgehead atoms. The highest BCUT2D eigenvalue weighted by atomic mass is 19.1. The van der Waals surface area contributed by atoms with Gasteiger partial charge in [-0.15, -0.1) is 5.10 Å². The van der Waals surface area contributed by atoms with Crippen molar-refractivity contribution in [3.05, 3.63) is 36.3 Å². The maximum atomic E-state index is 13.5. The van der Waals surface area contributed by atoms with Crippen molar-refractivity contribution in [3.63, 3.8) is 0 Å². The van der Waals surface area contributed by atoms with Crippen LogP contribution < -0.4 is 5.32 Å². The molecule has 1 N–H and O–H groups in total. The van der Waals surface area contributed by atoms with Crippen LogP contribution in [-0.4, -0.2) is 58.5 Å². The maximum absolute atomic E-state index is 13.5. The molecule has 1 aliphatic carbocycles. The number of anilines is 1. The minimum Gasteiger partial charge on any atom is -0.379 e. The number of hydrogen-bond donors (Lipinski definition) is 1. The molecule has 1 saturated carbocycles. The Morgan fingerprint density at radius 1 is 1.19 bits per heavy atom. The Labute approximate surface area is 152 Å². The summed E-state index contributed by atoms with van der Waals surface area (Å²) in [6.07, 6.45) is 6.42. The fraction of sp³-hybridized carbons (Fsp3) is 0.526. The van der Waals surface area contributed by atoms with E-state index in [1.807, 2.05) is 6.07 Å². The van der Waals surface area contributed by atoms with Crippen LogP contribution in [0.15, 0.2) is 30.5 Å². The summed E-state index contributed by atoms with van der Waals surface area (Å²) in [7, 11) is 0. The zero-order valence-corrected chi connectivity index (χ0v) is 14.8. The zero-order chi connectivity index (χ0) is 17.8. The smallest absolute Gasteiger partial charge is 0.243 e. The molecular formula is C19H24FN5O. The molecule has 1 aromatic heterocycles. The summed E-state index contributed by atoms with van der Waals surface area (Å²) in [5.74, 6) is 0.208. The standard InChI is InChI=1S/C19H24FN5O/c20-16-5-3-4-15(12-16)17-13-22-24-18(23-17)21-14-19(6-1-2-7-19)25-8-10-26-11-9-25/h3-5,12-13H,1-2,6-11,14H2,(H,21,23,24). The van der Waals surface area contributed by atoms with Gasteiger partial charge in [-0.1, -0.05) is 25.0 Å². The molecule has 1 saturated heterocycles. The molecule has 0 unspecified atom stereocenters. The highest BCUT2D eigenvalue weighted by Crippen LogP contribution is 2.36. The summed E-state index contributed by atoms with van der Waals surface area (Å²) in [6.45, 7) is 4.35. The number of nitrogens with zero attached hydrogens (tertiary/aromatic N) is 4. The van der Waals surface area contributed by atoms with E-state index >= 15 is 0 Å². The number of aromatic nitrogens is 3. The summed E-state index contributed by atoms with van der Waals surface area (Å²) in [5.41, 5.74) is 1.46. The van der Waals surface area contributed by atoms with E-state index in [4.69, 9.17) is 4.74 Å². The summed E-state index contributed by atoms with van der Waals surface area (Å²) >= 11 is 0. The Balaban J connectivity index is 1.49. The minimum absolute atomic E-state index is 0.141. The molecule has 0 radical (unpaired) electrons. The van der Waals surface area contributed by atoms with E-state index in [2.05, 4.69) is 25.4 Å². The van der Waals surface area contributed by atoms with Crippen LogP contribution in [0, 0.1) is 5.82 Å². The van der Waals surface area contributed by atoms with Gasteiger partial charge in [-0.2, -0.15) is 5.10 Å². The molecule has 2 aliphatic rings. The average Bonchev–Trinajstić information content (AvgIpc) is 3.18. The van der Waals surface area contributed by atoms with Gasteiger partial charge >= 0.3 is 0 Å². The van der Waals surface area contributed by atoms with Crippen LogP contribution in [-0.2, 0) is 4.74 Å². The van der Waals surface area contributed by atoms with Gasteiger partial charge in [0.1, 0.15) is 5.82 Å². The predicted octanol–water partition coefficient (Wildman–Crippen LogP) is 2.73. The van der Waals surface area contributed by atoms with Gasteiger partial charge in [-0.3, -0.25) is 4.90 Å². The van der Waals surface area contributed by atoms with Gasteiger partial charge in [0, 0.05) is 30.7 Å². The van der Waals surface area contributed by atoms with Crippen LogP contribution in [0.2, 0.25) is 0 Å². The topological polar surface area (TPSA) is 63.2 Å². The zero-order valence-electron chi connectivity index (χ0n) is 14.8. The lowest BCUT2D eigenvalue weighted by Crippen LogP contribution is -2.55.